The summed E-state index contributed by atoms with van der Waals surface area (Å²) in [5, 5.41) is 10.3. The summed E-state index contributed by atoms with van der Waals surface area (Å²) in [4.78, 5) is 39.1. The van der Waals surface area contributed by atoms with Crippen molar-refractivity contribution >= 4 is 23.7 Å². The highest BCUT2D eigenvalue weighted by Gasteiger charge is 2.56. The van der Waals surface area contributed by atoms with E-state index in [4.69, 9.17) is 0 Å². The molecule has 1 aliphatic carbocycles. The minimum absolute atomic E-state index is 0.139. The maximum absolute atomic E-state index is 12.9. The Balaban J connectivity index is 1.40. The lowest BCUT2D eigenvalue weighted by Crippen LogP contribution is -2.46. The minimum atomic E-state index is -0.913. The van der Waals surface area contributed by atoms with Crippen molar-refractivity contribution in [2.24, 2.45) is 5.92 Å². The van der Waals surface area contributed by atoms with E-state index in [1.54, 1.807) is 17.7 Å². The zero-order valence-corrected chi connectivity index (χ0v) is 17.6. The minimum Gasteiger partial charge on any atom is -0.323 e. The van der Waals surface area contributed by atoms with Crippen molar-refractivity contribution in [2.45, 2.75) is 25.3 Å². The molecule has 5 rings (SSSR count). The Labute approximate surface area is 185 Å². The molecule has 8 nitrogen and oxygen atoms in total. The predicted octanol–water partition coefficient (Wildman–Crippen LogP) is 3.20. The molecule has 2 aromatic carbocycles. The molecule has 4 amide bonds. The fourth-order valence-electron chi connectivity index (χ4n) is 4.11. The topological polar surface area (TPSA) is 96.3 Å². The third-order valence-corrected chi connectivity index (χ3v) is 6.04. The Kier molecular flexibility index (Phi) is 4.77. The molecular weight excluding hydrogens is 406 g/mol. The number of hydrogen-bond acceptors (Lipinski definition) is 4. The van der Waals surface area contributed by atoms with Crippen LogP contribution in [0.5, 0.6) is 0 Å². The quantitative estimate of drug-likeness (QED) is 0.588. The second-order valence-corrected chi connectivity index (χ2v) is 8.37. The molecule has 1 aliphatic heterocycles. The van der Waals surface area contributed by atoms with Gasteiger partial charge in [-0.3, -0.25) is 14.5 Å². The summed E-state index contributed by atoms with van der Waals surface area (Å²) in [6, 6.07) is 20.3. The van der Waals surface area contributed by atoms with Crippen molar-refractivity contribution < 1.29 is 14.4 Å². The highest BCUT2D eigenvalue weighted by Crippen LogP contribution is 2.42. The number of benzene rings is 2. The normalized spacial score (nSPS) is 20.3. The maximum Gasteiger partial charge on any atom is 0.325 e. The van der Waals surface area contributed by atoms with Crippen LogP contribution in [-0.4, -0.2) is 44.6 Å². The molecule has 8 heteroatoms. The molecule has 2 aliphatic rings. The lowest BCUT2D eigenvalue weighted by molar-refractivity contribution is -0.134. The molecule has 2 N–H and O–H groups in total. The van der Waals surface area contributed by atoms with Crippen LogP contribution in [0.1, 0.15) is 19.8 Å². The summed E-state index contributed by atoms with van der Waals surface area (Å²) in [5.41, 5.74) is 1.47. The number of amides is 4. The van der Waals surface area contributed by atoms with E-state index >= 15 is 0 Å². The van der Waals surface area contributed by atoms with Crippen LogP contribution in [0.25, 0.3) is 16.9 Å². The molecule has 2 heterocycles. The van der Waals surface area contributed by atoms with E-state index in [1.165, 1.54) is 0 Å². The van der Waals surface area contributed by atoms with E-state index in [9.17, 15) is 14.4 Å². The molecule has 1 saturated carbocycles. The van der Waals surface area contributed by atoms with E-state index < -0.39 is 17.5 Å². The number of carbonyl (C=O) groups is 3. The third kappa shape index (κ3) is 3.53. The Bertz CT molecular complexity index is 1190. The van der Waals surface area contributed by atoms with Crippen LogP contribution in [0.3, 0.4) is 0 Å². The van der Waals surface area contributed by atoms with Gasteiger partial charge in [0.05, 0.1) is 11.4 Å². The lowest BCUT2D eigenvalue weighted by atomic mass is 9.96. The summed E-state index contributed by atoms with van der Waals surface area (Å²) in [5.74, 6) is -0.219. The van der Waals surface area contributed by atoms with E-state index in [1.807, 2.05) is 60.7 Å². The molecule has 1 unspecified atom stereocenters. The van der Waals surface area contributed by atoms with E-state index in [0.29, 0.717) is 11.5 Å². The van der Waals surface area contributed by atoms with Gasteiger partial charge in [-0.1, -0.05) is 48.5 Å². The predicted molar refractivity (Wildman–Crippen MR) is 119 cm³/mol. The number of urea groups is 1. The molecule has 2 fully saturated rings. The van der Waals surface area contributed by atoms with Crippen molar-refractivity contribution in [1.29, 1.82) is 0 Å². The summed E-state index contributed by atoms with van der Waals surface area (Å²) >= 11 is 0. The Hall–Kier alpha value is -3.94. The number of nitrogens with zero attached hydrogens (tertiary/aromatic N) is 3. The van der Waals surface area contributed by atoms with Crippen LogP contribution < -0.4 is 10.6 Å². The molecule has 0 bridgehead atoms. The first-order chi connectivity index (χ1) is 15.5. The van der Waals surface area contributed by atoms with Gasteiger partial charge in [0.15, 0.2) is 0 Å². The monoisotopic (exact) mass is 429 g/mol. The number of aromatic nitrogens is 2. The molecule has 32 heavy (non-hydrogen) atoms. The van der Waals surface area contributed by atoms with Gasteiger partial charge in [0.1, 0.15) is 17.9 Å². The Morgan fingerprint density at radius 1 is 1.09 bits per heavy atom. The molecule has 3 aromatic rings. The number of anilines is 1. The lowest BCUT2D eigenvalue weighted by Gasteiger charge is -2.20. The van der Waals surface area contributed by atoms with Crippen LogP contribution in [-0.2, 0) is 9.59 Å². The van der Waals surface area contributed by atoms with Gasteiger partial charge in [-0.15, -0.1) is 0 Å². The second-order valence-electron chi connectivity index (χ2n) is 8.37. The van der Waals surface area contributed by atoms with Crippen molar-refractivity contribution in [3.05, 3.63) is 66.7 Å². The zero-order valence-electron chi connectivity index (χ0n) is 17.6. The largest absolute Gasteiger partial charge is 0.325 e. The van der Waals surface area contributed by atoms with Gasteiger partial charge < -0.3 is 10.6 Å². The van der Waals surface area contributed by atoms with Crippen LogP contribution >= 0.6 is 0 Å². The van der Waals surface area contributed by atoms with Gasteiger partial charge in [0.25, 0.3) is 5.91 Å². The molecule has 0 spiro atoms. The first-order valence-electron chi connectivity index (χ1n) is 10.6. The second kappa shape index (κ2) is 7.64. The Morgan fingerprint density at radius 3 is 2.41 bits per heavy atom. The molecular formula is C24H23N5O3. The summed E-state index contributed by atoms with van der Waals surface area (Å²) in [7, 11) is 0. The molecule has 1 atom stereocenters. The number of carbonyl (C=O) groups excluding carboxylic acids is 3. The standard InChI is InChI=1S/C24H23N5O3/c1-24(17-12-13-17)22(31)28(23(32)26-24)15-21(30)25-20-14-19(16-8-4-2-5-9-16)27-29(20)18-10-6-3-7-11-18/h2-11,14,17H,12-13,15H2,1H3,(H,25,30)(H,26,32). The highest BCUT2D eigenvalue weighted by atomic mass is 16.2. The van der Waals surface area contributed by atoms with Gasteiger partial charge in [-0.25, -0.2) is 9.48 Å². The maximum atomic E-state index is 12.9. The van der Waals surface area contributed by atoms with Gasteiger partial charge in [0, 0.05) is 11.6 Å². The van der Waals surface area contributed by atoms with Gasteiger partial charge in [0.2, 0.25) is 5.91 Å². The zero-order chi connectivity index (χ0) is 22.3. The van der Waals surface area contributed by atoms with E-state index in [0.717, 1.165) is 29.0 Å². The van der Waals surface area contributed by atoms with Crippen molar-refractivity contribution in [3.63, 3.8) is 0 Å². The molecule has 1 saturated heterocycles. The number of nitrogens with one attached hydrogen (secondary N) is 2. The fourth-order valence-corrected chi connectivity index (χ4v) is 4.11. The fraction of sp³-hybridized carbons (Fsp3) is 0.250. The highest BCUT2D eigenvalue weighted by molar-refractivity contribution is 6.10. The average Bonchev–Trinajstić information content (AvgIpc) is 3.55. The van der Waals surface area contributed by atoms with Crippen molar-refractivity contribution in [3.8, 4) is 16.9 Å². The Morgan fingerprint density at radius 2 is 1.75 bits per heavy atom. The van der Waals surface area contributed by atoms with E-state index in [-0.39, 0.29) is 18.4 Å². The number of rotatable bonds is 6. The van der Waals surface area contributed by atoms with Crippen LogP contribution in [0, 0.1) is 5.92 Å². The smallest absolute Gasteiger partial charge is 0.323 e. The van der Waals surface area contributed by atoms with Crippen molar-refractivity contribution in [2.75, 3.05) is 11.9 Å². The average molecular weight is 429 g/mol. The summed E-state index contributed by atoms with van der Waals surface area (Å²) in [6.07, 6.45) is 1.81. The SMILES string of the molecule is CC1(C2CC2)NC(=O)N(CC(=O)Nc2cc(-c3ccccc3)nn2-c2ccccc2)C1=O. The number of para-hydroxylation sites is 1. The van der Waals surface area contributed by atoms with E-state index in [2.05, 4.69) is 15.7 Å². The van der Waals surface area contributed by atoms with Crippen LogP contribution in [0.15, 0.2) is 66.7 Å². The molecule has 1 aromatic heterocycles. The first-order valence-corrected chi connectivity index (χ1v) is 10.6. The third-order valence-electron chi connectivity index (χ3n) is 6.04. The summed E-state index contributed by atoms with van der Waals surface area (Å²) in [6.45, 7) is 1.38. The molecule has 162 valence electrons. The van der Waals surface area contributed by atoms with Crippen LogP contribution in [0.2, 0.25) is 0 Å². The van der Waals surface area contributed by atoms with Gasteiger partial charge >= 0.3 is 6.03 Å². The van der Waals surface area contributed by atoms with Gasteiger partial charge in [-0.2, -0.15) is 5.10 Å². The van der Waals surface area contributed by atoms with Crippen molar-refractivity contribution in [1.82, 2.24) is 20.0 Å². The van der Waals surface area contributed by atoms with Crippen LogP contribution in [0.4, 0.5) is 10.6 Å². The van der Waals surface area contributed by atoms with Gasteiger partial charge in [-0.05, 0) is 37.8 Å². The summed E-state index contributed by atoms with van der Waals surface area (Å²) < 4.78 is 1.64. The number of imide groups is 1. The first kappa shape index (κ1) is 20.0. The molecule has 0 radical (unpaired) electrons. The number of hydrogen-bond donors (Lipinski definition) is 2.